The van der Waals surface area contributed by atoms with Gasteiger partial charge in [-0.05, 0) is 49.7 Å². The number of benzene rings is 2. The summed E-state index contributed by atoms with van der Waals surface area (Å²) in [6.45, 7) is 1.50. The summed E-state index contributed by atoms with van der Waals surface area (Å²) < 4.78 is 26.9. The van der Waals surface area contributed by atoms with Crippen molar-refractivity contribution >= 4 is 33.3 Å². The van der Waals surface area contributed by atoms with Crippen molar-refractivity contribution < 1.29 is 22.8 Å². The molecule has 3 N–H and O–H groups in total. The Balaban J connectivity index is 1.79. The van der Waals surface area contributed by atoms with E-state index < -0.39 is 10.0 Å². The maximum Gasteiger partial charge on any atom is 0.251 e. The third kappa shape index (κ3) is 6.51. The van der Waals surface area contributed by atoms with Crippen molar-refractivity contribution in [1.82, 2.24) is 10.0 Å². The number of amides is 2. The summed E-state index contributed by atoms with van der Waals surface area (Å²) in [7, 11) is -2.17. The van der Waals surface area contributed by atoms with Gasteiger partial charge in [0, 0.05) is 36.8 Å². The fourth-order valence-corrected chi connectivity index (χ4v) is 3.55. The zero-order valence-electron chi connectivity index (χ0n) is 16.2. The number of rotatable bonds is 9. The maximum atomic E-state index is 12.2. The van der Waals surface area contributed by atoms with E-state index in [-0.39, 0.29) is 35.5 Å². The molecule has 0 aliphatic rings. The van der Waals surface area contributed by atoms with E-state index in [1.54, 1.807) is 24.3 Å². The highest BCUT2D eigenvalue weighted by Gasteiger charge is 2.14. The molecule has 8 nitrogen and oxygen atoms in total. The molecular weight excluding hydrogens is 394 g/mol. The smallest absolute Gasteiger partial charge is 0.251 e. The minimum Gasteiger partial charge on any atom is -0.355 e. The van der Waals surface area contributed by atoms with Crippen LogP contribution in [0.1, 0.15) is 40.5 Å². The Kier molecular flexibility index (Phi) is 7.63. The molecule has 2 amide bonds. The van der Waals surface area contributed by atoms with Gasteiger partial charge in [-0.3, -0.25) is 14.4 Å². The Morgan fingerprint density at radius 1 is 0.897 bits per heavy atom. The third-order valence-corrected chi connectivity index (χ3v) is 5.58. The Morgan fingerprint density at radius 3 is 2.03 bits per heavy atom. The lowest BCUT2D eigenvalue weighted by Gasteiger charge is -2.08. The van der Waals surface area contributed by atoms with E-state index >= 15 is 0 Å². The van der Waals surface area contributed by atoms with Gasteiger partial charge in [-0.15, -0.1) is 0 Å². The normalized spacial score (nSPS) is 11.0. The van der Waals surface area contributed by atoms with Gasteiger partial charge in [-0.1, -0.05) is 12.1 Å². The second-order valence-corrected chi connectivity index (χ2v) is 8.05. The topological polar surface area (TPSA) is 121 Å². The van der Waals surface area contributed by atoms with Crippen LogP contribution < -0.4 is 15.4 Å². The quantitative estimate of drug-likeness (QED) is 0.425. The van der Waals surface area contributed by atoms with Gasteiger partial charge in [0.25, 0.3) is 5.91 Å². The van der Waals surface area contributed by atoms with E-state index in [1.165, 1.54) is 38.2 Å². The number of carbonyl (C=O) groups is 3. The first-order chi connectivity index (χ1) is 13.7. The van der Waals surface area contributed by atoms with E-state index in [9.17, 15) is 22.8 Å². The van der Waals surface area contributed by atoms with Crippen LogP contribution in [0.3, 0.4) is 0 Å². The maximum absolute atomic E-state index is 12.2. The Morgan fingerprint density at radius 2 is 1.48 bits per heavy atom. The molecule has 0 aliphatic carbocycles. The summed E-state index contributed by atoms with van der Waals surface area (Å²) in [4.78, 5) is 34.8. The molecule has 154 valence electrons. The van der Waals surface area contributed by atoms with Crippen molar-refractivity contribution in [3.05, 3.63) is 59.7 Å². The van der Waals surface area contributed by atoms with Crippen LogP contribution in [0.25, 0.3) is 0 Å². The largest absolute Gasteiger partial charge is 0.355 e. The minimum atomic E-state index is -3.71. The number of carbonyl (C=O) groups excluding carboxylic acids is 3. The molecule has 2 aromatic carbocycles. The number of hydrogen-bond acceptors (Lipinski definition) is 5. The third-order valence-electron chi connectivity index (χ3n) is 4.10. The van der Waals surface area contributed by atoms with Crippen LogP contribution >= 0.6 is 0 Å². The molecule has 0 atom stereocenters. The van der Waals surface area contributed by atoms with Crippen molar-refractivity contribution in [2.45, 2.75) is 24.7 Å². The van der Waals surface area contributed by atoms with Crippen molar-refractivity contribution in [3.63, 3.8) is 0 Å². The molecule has 9 heteroatoms. The average Bonchev–Trinajstić information content (AvgIpc) is 2.71. The minimum absolute atomic E-state index is 0.0585. The van der Waals surface area contributed by atoms with Gasteiger partial charge < -0.3 is 10.6 Å². The predicted molar refractivity (Wildman–Crippen MR) is 109 cm³/mol. The van der Waals surface area contributed by atoms with Crippen LogP contribution in [0.5, 0.6) is 0 Å². The summed E-state index contributed by atoms with van der Waals surface area (Å²) in [5, 5.41) is 5.20. The van der Waals surface area contributed by atoms with Gasteiger partial charge in [0.1, 0.15) is 0 Å². The highest BCUT2D eigenvalue weighted by molar-refractivity contribution is 7.89. The molecule has 0 fully saturated rings. The number of hydrogen-bond donors (Lipinski definition) is 3. The highest BCUT2D eigenvalue weighted by atomic mass is 32.2. The number of Topliss-reactive ketones (excluding diaryl/α,β-unsaturated/α-hetero) is 1. The summed E-state index contributed by atoms with van der Waals surface area (Å²) in [5.41, 5.74) is 1.47. The molecule has 0 aliphatic heterocycles. The molecule has 0 heterocycles. The number of anilines is 1. The monoisotopic (exact) mass is 417 g/mol. The van der Waals surface area contributed by atoms with E-state index in [4.69, 9.17) is 0 Å². The molecule has 0 bridgehead atoms. The summed E-state index contributed by atoms with van der Waals surface area (Å²) in [5.74, 6) is -0.620. The molecule has 0 saturated heterocycles. The lowest BCUT2D eigenvalue weighted by Crippen LogP contribution is -2.25. The van der Waals surface area contributed by atoms with Crippen LogP contribution in [0.2, 0.25) is 0 Å². The van der Waals surface area contributed by atoms with Crippen LogP contribution in [0.4, 0.5) is 5.69 Å². The van der Waals surface area contributed by atoms with Crippen molar-refractivity contribution in [2.75, 3.05) is 18.9 Å². The van der Waals surface area contributed by atoms with E-state index in [2.05, 4.69) is 15.4 Å². The molecule has 0 unspecified atom stereocenters. The molecule has 0 radical (unpaired) electrons. The summed E-state index contributed by atoms with van der Waals surface area (Å²) in [6.07, 6.45) is 0.440. The van der Waals surface area contributed by atoms with Crippen LogP contribution in [-0.2, 0) is 14.8 Å². The molecule has 0 aromatic heterocycles. The number of sulfonamides is 1. The average molecular weight is 417 g/mol. The fourth-order valence-electron chi connectivity index (χ4n) is 2.48. The van der Waals surface area contributed by atoms with Crippen molar-refractivity contribution in [2.24, 2.45) is 0 Å². The Hall–Kier alpha value is -3.04. The molecular formula is C20H23N3O5S. The van der Waals surface area contributed by atoms with Gasteiger partial charge in [0.2, 0.25) is 15.9 Å². The zero-order chi connectivity index (χ0) is 21.4. The van der Waals surface area contributed by atoms with Crippen molar-refractivity contribution in [1.29, 1.82) is 0 Å². The van der Waals surface area contributed by atoms with Crippen molar-refractivity contribution in [3.8, 4) is 0 Å². The fraction of sp³-hybridized carbons (Fsp3) is 0.250. The molecule has 29 heavy (non-hydrogen) atoms. The molecule has 2 aromatic rings. The number of nitrogens with one attached hydrogen (secondary N) is 3. The lowest BCUT2D eigenvalue weighted by atomic mass is 10.2. The van der Waals surface area contributed by atoms with E-state index in [1.807, 2.05) is 0 Å². The lowest BCUT2D eigenvalue weighted by molar-refractivity contribution is -0.116. The zero-order valence-corrected chi connectivity index (χ0v) is 17.0. The van der Waals surface area contributed by atoms with Crippen LogP contribution in [0.15, 0.2) is 53.4 Å². The van der Waals surface area contributed by atoms with E-state index in [0.29, 0.717) is 23.2 Å². The molecule has 0 spiro atoms. The Labute approximate surface area is 169 Å². The second-order valence-electron chi connectivity index (χ2n) is 6.29. The second kappa shape index (κ2) is 9.94. The summed E-state index contributed by atoms with van der Waals surface area (Å²) in [6, 6.07) is 12.1. The number of ketones is 1. The first-order valence-corrected chi connectivity index (χ1v) is 10.4. The Bertz CT molecular complexity index is 984. The van der Waals surface area contributed by atoms with E-state index in [0.717, 1.165) is 0 Å². The highest BCUT2D eigenvalue weighted by Crippen LogP contribution is 2.12. The van der Waals surface area contributed by atoms with Gasteiger partial charge >= 0.3 is 0 Å². The van der Waals surface area contributed by atoms with Crippen LogP contribution in [0, 0.1) is 0 Å². The van der Waals surface area contributed by atoms with Gasteiger partial charge in [-0.25, -0.2) is 13.1 Å². The first-order valence-electron chi connectivity index (χ1n) is 8.95. The van der Waals surface area contributed by atoms with Gasteiger partial charge in [-0.2, -0.15) is 0 Å². The standard InChI is InChI=1S/C20H23N3O5S/c1-14(24)15-7-11-18(12-8-15)29(27,28)22-13-3-4-19(25)23-17-9-5-16(6-10-17)20(26)21-2/h5-12,22H,3-4,13H2,1-2H3,(H,21,26)(H,23,25). The van der Waals surface area contributed by atoms with Crippen LogP contribution in [-0.4, -0.2) is 39.6 Å². The SMILES string of the molecule is CNC(=O)c1ccc(NC(=O)CCCNS(=O)(=O)c2ccc(C(C)=O)cc2)cc1. The first kappa shape index (κ1) is 22.3. The summed E-state index contributed by atoms with van der Waals surface area (Å²) >= 11 is 0. The van der Waals surface area contributed by atoms with Gasteiger partial charge in [0.05, 0.1) is 4.90 Å². The predicted octanol–water partition coefficient (Wildman–Crippen LogP) is 1.95. The molecule has 0 saturated carbocycles. The van der Waals surface area contributed by atoms with Gasteiger partial charge in [0.15, 0.2) is 5.78 Å². The molecule has 2 rings (SSSR count).